The molecule has 7 nitrogen and oxygen atoms in total. The number of rotatable bonds is 7. The highest BCUT2D eigenvalue weighted by atomic mass is 79.9. The summed E-state index contributed by atoms with van der Waals surface area (Å²) in [4.78, 5) is 27.4. The quantitative estimate of drug-likeness (QED) is 0.423. The molecule has 142 valence electrons. The van der Waals surface area contributed by atoms with Crippen LogP contribution >= 0.6 is 15.9 Å². The first kappa shape index (κ1) is 19.7. The van der Waals surface area contributed by atoms with Crippen molar-refractivity contribution < 1.29 is 9.72 Å². The molecule has 8 heteroatoms. The summed E-state index contributed by atoms with van der Waals surface area (Å²) in [5.41, 5.74) is 2.16. The van der Waals surface area contributed by atoms with E-state index >= 15 is 0 Å². The van der Waals surface area contributed by atoms with Crippen LogP contribution < -0.4 is 10.6 Å². The molecule has 0 radical (unpaired) electrons. The molecule has 1 aromatic heterocycles. The Hall–Kier alpha value is -3.10. The molecule has 2 N–H and O–H groups in total. The van der Waals surface area contributed by atoms with Crippen LogP contribution in [0.1, 0.15) is 17.2 Å². The monoisotopic (exact) mass is 440 g/mol. The Morgan fingerprint density at radius 3 is 2.57 bits per heavy atom. The van der Waals surface area contributed by atoms with Gasteiger partial charge >= 0.3 is 0 Å². The Morgan fingerprint density at radius 2 is 1.93 bits per heavy atom. The van der Waals surface area contributed by atoms with Gasteiger partial charge in [-0.1, -0.05) is 36.4 Å². The van der Waals surface area contributed by atoms with Crippen molar-refractivity contribution in [3.8, 4) is 0 Å². The highest BCUT2D eigenvalue weighted by molar-refractivity contribution is 9.10. The van der Waals surface area contributed by atoms with Crippen LogP contribution in [0.4, 0.5) is 11.4 Å². The Morgan fingerprint density at radius 1 is 1.14 bits per heavy atom. The number of nitro benzene ring substituents is 1. The summed E-state index contributed by atoms with van der Waals surface area (Å²) < 4.78 is 0.439. The van der Waals surface area contributed by atoms with Crippen molar-refractivity contribution in [3.63, 3.8) is 0 Å². The van der Waals surface area contributed by atoms with E-state index in [-0.39, 0.29) is 11.6 Å². The smallest absolute Gasteiger partial charge is 0.270 e. The minimum absolute atomic E-state index is 0.0563. The number of non-ortho nitro benzene ring substituents is 1. The number of aromatic nitrogens is 1. The first-order chi connectivity index (χ1) is 13.5. The first-order valence-corrected chi connectivity index (χ1v) is 9.26. The van der Waals surface area contributed by atoms with E-state index in [2.05, 4.69) is 31.5 Å². The van der Waals surface area contributed by atoms with Crippen LogP contribution in [0.3, 0.4) is 0 Å². The third-order valence-corrected chi connectivity index (χ3v) is 4.71. The Kier molecular flexibility index (Phi) is 6.46. The number of pyridine rings is 1. The molecule has 0 aliphatic rings. The van der Waals surface area contributed by atoms with Gasteiger partial charge in [0.1, 0.15) is 6.04 Å². The number of hydrogen-bond donors (Lipinski definition) is 2. The van der Waals surface area contributed by atoms with Crippen LogP contribution in [-0.4, -0.2) is 15.8 Å². The molecule has 28 heavy (non-hydrogen) atoms. The highest BCUT2D eigenvalue weighted by Gasteiger charge is 2.21. The van der Waals surface area contributed by atoms with E-state index in [9.17, 15) is 14.9 Å². The van der Waals surface area contributed by atoms with Gasteiger partial charge in [0.15, 0.2) is 0 Å². The molecule has 0 fully saturated rings. The molecule has 1 atom stereocenters. The van der Waals surface area contributed by atoms with Crippen LogP contribution in [0.15, 0.2) is 77.5 Å². The van der Waals surface area contributed by atoms with Gasteiger partial charge < -0.3 is 5.32 Å². The zero-order valence-corrected chi connectivity index (χ0v) is 16.3. The van der Waals surface area contributed by atoms with Crippen LogP contribution in [0.25, 0.3) is 0 Å². The van der Waals surface area contributed by atoms with Crippen LogP contribution in [0, 0.1) is 10.1 Å². The molecule has 0 aliphatic heterocycles. The van der Waals surface area contributed by atoms with Gasteiger partial charge in [0.2, 0.25) is 5.91 Å². The van der Waals surface area contributed by atoms with E-state index in [1.165, 1.54) is 18.2 Å². The van der Waals surface area contributed by atoms with Crippen molar-refractivity contribution in [1.82, 2.24) is 10.3 Å². The second-order valence-electron chi connectivity index (χ2n) is 6.00. The van der Waals surface area contributed by atoms with Crippen LogP contribution in [0.5, 0.6) is 0 Å². The summed E-state index contributed by atoms with van der Waals surface area (Å²) in [7, 11) is 0. The molecular weight excluding hydrogens is 424 g/mol. The van der Waals surface area contributed by atoms with Gasteiger partial charge in [-0.25, -0.2) is 0 Å². The molecule has 2 aromatic carbocycles. The van der Waals surface area contributed by atoms with E-state index in [1.54, 1.807) is 12.4 Å². The number of anilines is 1. The molecule has 0 saturated heterocycles. The average Bonchev–Trinajstić information content (AvgIpc) is 2.71. The van der Waals surface area contributed by atoms with Gasteiger partial charge in [0, 0.05) is 35.5 Å². The number of nitrogens with one attached hydrogen (secondary N) is 2. The predicted molar refractivity (Wildman–Crippen MR) is 110 cm³/mol. The number of benzene rings is 2. The van der Waals surface area contributed by atoms with Crippen molar-refractivity contribution in [1.29, 1.82) is 0 Å². The molecule has 3 rings (SSSR count). The molecule has 0 spiro atoms. The summed E-state index contributed by atoms with van der Waals surface area (Å²) in [6, 6.07) is 16.7. The Balaban J connectivity index is 1.79. The fraction of sp³-hybridized carbons (Fsp3) is 0.100. The van der Waals surface area contributed by atoms with E-state index in [0.29, 0.717) is 16.7 Å². The molecule has 1 heterocycles. The van der Waals surface area contributed by atoms with Crippen molar-refractivity contribution in [2.45, 2.75) is 12.6 Å². The van der Waals surface area contributed by atoms with Gasteiger partial charge in [0.25, 0.3) is 5.69 Å². The number of nitro groups is 1. The van der Waals surface area contributed by atoms with Crippen LogP contribution in [0.2, 0.25) is 0 Å². The zero-order valence-electron chi connectivity index (χ0n) is 14.7. The molecule has 0 unspecified atom stereocenters. The fourth-order valence-electron chi connectivity index (χ4n) is 2.65. The molecule has 1 amide bonds. The minimum atomic E-state index is -0.608. The maximum absolute atomic E-state index is 13.0. The largest absolute Gasteiger partial charge is 0.323 e. The van der Waals surface area contributed by atoms with Crippen LogP contribution in [-0.2, 0) is 11.3 Å². The lowest BCUT2D eigenvalue weighted by Gasteiger charge is -2.19. The minimum Gasteiger partial charge on any atom is -0.323 e. The van der Waals surface area contributed by atoms with E-state index in [4.69, 9.17) is 0 Å². The predicted octanol–water partition coefficient (Wildman–Crippen LogP) is 4.22. The number of carbonyl (C=O) groups is 1. The van der Waals surface area contributed by atoms with Gasteiger partial charge in [-0.2, -0.15) is 0 Å². The summed E-state index contributed by atoms with van der Waals surface area (Å²) in [6.07, 6.45) is 3.43. The third-order valence-electron chi connectivity index (χ3n) is 4.05. The maximum atomic E-state index is 13.0. The summed E-state index contributed by atoms with van der Waals surface area (Å²) >= 11 is 3.28. The SMILES string of the molecule is O=C(Nc1ccc([N+](=O)[O-])cc1Br)[C@@H](NCc1cccnc1)c1ccccc1. The summed E-state index contributed by atoms with van der Waals surface area (Å²) in [5, 5.41) is 17.0. The normalized spacial score (nSPS) is 11.6. The lowest BCUT2D eigenvalue weighted by Crippen LogP contribution is -2.32. The second-order valence-corrected chi connectivity index (χ2v) is 6.85. The number of hydrogen-bond acceptors (Lipinski definition) is 5. The number of carbonyl (C=O) groups excluding carboxylic acids is 1. The number of amides is 1. The molecular formula is C20H17BrN4O3. The molecule has 0 bridgehead atoms. The van der Waals surface area contributed by atoms with Crippen molar-refractivity contribution in [2.75, 3.05) is 5.32 Å². The maximum Gasteiger partial charge on any atom is 0.270 e. The topological polar surface area (TPSA) is 97.2 Å². The second kappa shape index (κ2) is 9.20. The van der Waals surface area contributed by atoms with E-state index in [1.807, 2.05) is 42.5 Å². The summed E-state index contributed by atoms with van der Waals surface area (Å²) in [5.74, 6) is -0.273. The lowest BCUT2D eigenvalue weighted by molar-refractivity contribution is -0.384. The third kappa shape index (κ3) is 4.99. The Bertz CT molecular complexity index is 968. The average molecular weight is 441 g/mol. The van der Waals surface area contributed by atoms with Gasteiger partial charge in [0.05, 0.1) is 10.6 Å². The zero-order chi connectivity index (χ0) is 19.9. The highest BCUT2D eigenvalue weighted by Crippen LogP contribution is 2.28. The van der Waals surface area contributed by atoms with Crippen molar-refractivity contribution in [3.05, 3.63) is 98.8 Å². The van der Waals surface area contributed by atoms with Gasteiger partial charge in [-0.15, -0.1) is 0 Å². The summed E-state index contributed by atoms with van der Waals surface area (Å²) in [6.45, 7) is 0.461. The van der Waals surface area contributed by atoms with Crippen molar-refractivity contribution >= 4 is 33.2 Å². The van der Waals surface area contributed by atoms with Gasteiger partial charge in [-0.05, 0) is 39.2 Å². The number of halogens is 1. The molecule has 0 aliphatic carbocycles. The van der Waals surface area contributed by atoms with E-state index in [0.717, 1.165) is 11.1 Å². The fourth-order valence-corrected chi connectivity index (χ4v) is 3.12. The molecule has 0 saturated carbocycles. The molecule has 3 aromatic rings. The van der Waals surface area contributed by atoms with E-state index < -0.39 is 11.0 Å². The standard InChI is InChI=1S/C20H17BrN4O3/c21-17-11-16(25(27)28)8-9-18(17)24-20(26)19(15-6-2-1-3-7-15)23-13-14-5-4-10-22-12-14/h1-12,19,23H,13H2,(H,24,26)/t19-/m0/s1. The lowest BCUT2D eigenvalue weighted by atomic mass is 10.1. The van der Waals surface area contributed by atoms with Crippen molar-refractivity contribution in [2.24, 2.45) is 0 Å². The van der Waals surface area contributed by atoms with Gasteiger partial charge in [-0.3, -0.25) is 25.2 Å². The number of nitrogens with zero attached hydrogens (tertiary/aromatic N) is 2. The first-order valence-electron chi connectivity index (χ1n) is 8.46. The Labute approximate surface area is 170 Å².